The van der Waals surface area contributed by atoms with Gasteiger partial charge in [0, 0.05) is 17.5 Å². The number of rotatable bonds is 5. The van der Waals surface area contributed by atoms with Crippen LogP contribution in [0.4, 0.5) is 0 Å². The lowest BCUT2D eigenvalue weighted by atomic mass is 10.0. The Morgan fingerprint density at radius 2 is 2.15 bits per heavy atom. The maximum Gasteiger partial charge on any atom is 0.225 e. The summed E-state index contributed by atoms with van der Waals surface area (Å²) in [6.45, 7) is 8.23. The summed E-state index contributed by atoms with van der Waals surface area (Å²) in [5.74, 6) is 7.86. The van der Waals surface area contributed by atoms with Crippen LogP contribution in [0.25, 0.3) is 0 Å². The van der Waals surface area contributed by atoms with Gasteiger partial charge in [-0.05, 0) is 33.8 Å². The zero-order valence-electron chi connectivity index (χ0n) is 16.1. The van der Waals surface area contributed by atoms with Gasteiger partial charge in [-0.15, -0.1) is 0 Å². The summed E-state index contributed by atoms with van der Waals surface area (Å²) in [5.41, 5.74) is 2.50. The average Bonchev–Trinajstić information content (AvgIpc) is 3.10. The molecule has 1 N–H and O–H groups in total. The molecular weight excluding hydrogens is 344 g/mol. The molecule has 0 spiro atoms. The van der Waals surface area contributed by atoms with Gasteiger partial charge in [-0.1, -0.05) is 29.1 Å². The summed E-state index contributed by atoms with van der Waals surface area (Å²) in [6.07, 6.45) is 1.10. The predicted octanol–water partition coefficient (Wildman–Crippen LogP) is 2.75. The summed E-state index contributed by atoms with van der Waals surface area (Å²) in [7, 11) is 0. The average molecular weight is 368 g/mol. The van der Waals surface area contributed by atoms with E-state index in [2.05, 4.69) is 42.2 Å². The largest absolute Gasteiger partial charge is 0.483 e. The number of aromatic nitrogens is 1. The fourth-order valence-corrected chi connectivity index (χ4v) is 3.05. The van der Waals surface area contributed by atoms with Crippen LogP contribution in [0.15, 0.2) is 22.7 Å². The van der Waals surface area contributed by atoms with E-state index < -0.39 is 0 Å². The third-order valence-electron chi connectivity index (χ3n) is 4.37. The standard InChI is InChI=1S/C21H24N2O4/c1-14-17(15(2)27-23-14)12-19(24)22-10-5-6-11-25-18-9-7-8-16-13-21(3,4)26-20(16)18/h7-9H,10-13H2,1-4H3,(H,22,24). The molecule has 0 radical (unpaired) electrons. The van der Waals surface area contributed by atoms with Gasteiger partial charge in [0.2, 0.25) is 5.91 Å². The molecule has 1 aliphatic rings. The first-order valence-corrected chi connectivity index (χ1v) is 8.93. The molecule has 0 saturated heterocycles. The molecule has 0 fully saturated rings. The Morgan fingerprint density at radius 3 is 2.89 bits per heavy atom. The topological polar surface area (TPSA) is 73.6 Å². The molecule has 142 valence electrons. The van der Waals surface area contributed by atoms with Crippen LogP contribution in [0, 0.1) is 25.7 Å². The summed E-state index contributed by atoms with van der Waals surface area (Å²) < 4.78 is 16.8. The van der Waals surface area contributed by atoms with Gasteiger partial charge in [0.1, 0.15) is 18.0 Å². The maximum atomic E-state index is 12.0. The minimum atomic E-state index is -0.209. The van der Waals surface area contributed by atoms with Crippen molar-refractivity contribution >= 4 is 5.91 Å². The van der Waals surface area contributed by atoms with Crippen LogP contribution in [0.3, 0.4) is 0 Å². The highest BCUT2D eigenvalue weighted by Crippen LogP contribution is 2.41. The van der Waals surface area contributed by atoms with Crippen LogP contribution in [0.2, 0.25) is 0 Å². The van der Waals surface area contributed by atoms with E-state index in [-0.39, 0.29) is 31.1 Å². The van der Waals surface area contributed by atoms with Crippen molar-refractivity contribution in [1.29, 1.82) is 0 Å². The Balaban J connectivity index is 1.45. The molecule has 0 unspecified atom stereocenters. The van der Waals surface area contributed by atoms with Crippen LogP contribution in [0.5, 0.6) is 11.5 Å². The lowest BCUT2D eigenvalue weighted by Gasteiger charge is -2.17. The highest BCUT2D eigenvalue weighted by Gasteiger charge is 2.32. The number of para-hydroxylation sites is 1. The molecule has 1 amide bonds. The van der Waals surface area contributed by atoms with E-state index in [0.29, 0.717) is 11.5 Å². The second-order valence-corrected chi connectivity index (χ2v) is 7.18. The Morgan fingerprint density at radius 1 is 1.33 bits per heavy atom. The van der Waals surface area contributed by atoms with Gasteiger partial charge >= 0.3 is 0 Å². The third kappa shape index (κ3) is 4.62. The number of nitrogens with zero attached hydrogens (tertiary/aromatic N) is 1. The second kappa shape index (κ2) is 7.75. The van der Waals surface area contributed by atoms with Gasteiger partial charge in [0.05, 0.1) is 18.7 Å². The van der Waals surface area contributed by atoms with E-state index in [1.54, 1.807) is 6.92 Å². The molecule has 3 rings (SSSR count). The SMILES string of the molecule is Cc1noc(C)c1CC(=O)NCC#CCOc1cccc2c1OC(C)(C)C2. The number of ether oxygens (including phenoxy) is 2. The summed E-state index contributed by atoms with van der Waals surface area (Å²) in [6, 6.07) is 5.89. The molecule has 1 aliphatic heterocycles. The summed E-state index contributed by atoms with van der Waals surface area (Å²) in [5, 5.41) is 6.61. The summed E-state index contributed by atoms with van der Waals surface area (Å²) >= 11 is 0. The van der Waals surface area contributed by atoms with Gasteiger partial charge < -0.3 is 19.3 Å². The summed E-state index contributed by atoms with van der Waals surface area (Å²) in [4.78, 5) is 12.0. The van der Waals surface area contributed by atoms with E-state index in [1.807, 2.05) is 19.1 Å². The monoisotopic (exact) mass is 368 g/mol. The zero-order chi connectivity index (χ0) is 19.4. The molecule has 6 nitrogen and oxygen atoms in total. The van der Waals surface area contributed by atoms with Gasteiger partial charge in [-0.3, -0.25) is 4.79 Å². The highest BCUT2D eigenvalue weighted by atomic mass is 16.5. The number of nitrogens with one attached hydrogen (secondary N) is 1. The normalized spacial score (nSPS) is 13.9. The number of benzene rings is 1. The number of amides is 1. The smallest absolute Gasteiger partial charge is 0.225 e. The van der Waals surface area contributed by atoms with Crippen molar-refractivity contribution in [3.05, 3.63) is 40.8 Å². The Labute approximate surface area is 159 Å². The molecule has 0 bridgehead atoms. The molecule has 1 aromatic heterocycles. The van der Waals surface area contributed by atoms with Crippen LogP contribution >= 0.6 is 0 Å². The van der Waals surface area contributed by atoms with Crippen LogP contribution in [0.1, 0.15) is 36.4 Å². The first kappa shape index (κ1) is 18.8. The molecule has 1 aromatic carbocycles. The van der Waals surface area contributed by atoms with Gasteiger partial charge in [-0.2, -0.15) is 0 Å². The van der Waals surface area contributed by atoms with E-state index >= 15 is 0 Å². The van der Waals surface area contributed by atoms with Crippen molar-refractivity contribution in [3.63, 3.8) is 0 Å². The van der Waals surface area contributed by atoms with E-state index in [1.165, 1.54) is 0 Å². The van der Waals surface area contributed by atoms with Gasteiger partial charge in [0.15, 0.2) is 11.5 Å². The van der Waals surface area contributed by atoms with E-state index in [9.17, 15) is 4.79 Å². The number of carbonyl (C=O) groups excluding carboxylic acids is 1. The first-order valence-electron chi connectivity index (χ1n) is 8.93. The van der Waals surface area contributed by atoms with Crippen LogP contribution < -0.4 is 14.8 Å². The lowest BCUT2D eigenvalue weighted by Crippen LogP contribution is -2.25. The zero-order valence-corrected chi connectivity index (χ0v) is 16.1. The number of fused-ring (bicyclic) bond motifs is 1. The third-order valence-corrected chi connectivity index (χ3v) is 4.37. The van der Waals surface area contributed by atoms with Crippen LogP contribution in [-0.2, 0) is 17.6 Å². The fraction of sp³-hybridized carbons (Fsp3) is 0.429. The quantitative estimate of drug-likeness (QED) is 0.822. The van der Waals surface area contributed by atoms with Crippen molar-refractivity contribution < 1.29 is 18.8 Å². The van der Waals surface area contributed by atoms with Crippen LogP contribution in [-0.4, -0.2) is 29.8 Å². The molecule has 0 atom stereocenters. The first-order chi connectivity index (χ1) is 12.9. The predicted molar refractivity (Wildman–Crippen MR) is 101 cm³/mol. The van der Waals surface area contributed by atoms with Crippen molar-refractivity contribution in [2.45, 2.75) is 46.1 Å². The molecule has 0 saturated carbocycles. The van der Waals surface area contributed by atoms with Crippen molar-refractivity contribution in [2.75, 3.05) is 13.2 Å². The van der Waals surface area contributed by atoms with Crippen molar-refractivity contribution in [3.8, 4) is 23.3 Å². The Kier molecular flexibility index (Phi) is 5.41. The minimum absolute atomic E-state index is 0.115. The molecule has 2 heterocycles. The number of aryl methyl sites for hydroxylation is 2. The molecule has 2 aromatic rings. The van der Waals surface area contributed by atoms with E-state index in [0.717, 1.165) is 29.0 Å². The second-order valence-electron chi connectivity index (χ2n) is 7.18. The van der Waals surface area contributed by atoms with Gasteiger partial charge in [0.25, 0.3) is 0 Å². The molecule has 27 heavy (non-hydrogen) atoms. The minimum Gasteiger partial charge on any atom is -0.483 e. The van der Waals surface area contributed by atoms with Gasteiger partial charge in [-0.25, -0.2) is 0 Å². The number of carbonyl (C=O) groups is 1. The maximum absolute atomic E-state index is 12.0. The van der Waals surface area contributed by atoms with Crippen molar-refractivity contribution in [2.24, 2.45) is 0 Å². The molecular formula is C21H24N2O4. The Hall–Kier alpha value is -2.94. The molecule has 6 heteroatoms. The van der Waals surface area contributed by atoms with Crippen molar-refractivity contribution in [1.82, 2.24) is 10.5 Å². The number of hydrogen-bond donors (Lipinski definition) is 1. The fourth-order valence-electron chi connectivity index (χ4n) is 3.05. The molecule has 0 aliphatic carbocycles. The Bertz CT molecular complexity index is 883. The van der Waals surface area contributed by atoms with E-state index in [4.69, 9.17) is 14.0 Å². The lowest BCUT2D eigenvalue weighted by molar-refractivity contribution is -0.120. The number of hydrogen-bond acceptors (Lipinski definition) is 5. The highest BCUT2D eigenvalue weighted by molar-refractivity contribution is 5.79.